The van der Waals surface area contributed by atoms with Gasteiger partial charge in [-0.3, -0.25) is 19.4 Å². The molecule has 3 amide bonds. The van der Waals surface area contributed by atoms with E-state index in [0.29, 0.717) is 12.0 Å². The third-order valence-electron chi connectivity index (χ3n) is 6.99. The minimum Gasteiger partial charge on any atom is -0.480 e. The van der Waals surface area contributed by atoms with Gasteiger partial charge in [0.2, 0.25) is 17.7 Å². The number of hydrogen-bond acceptors (Lipinski definition) is 7. The molecule has 0 aliphatic carbocycles. The number of H-pyrrole nitrogens is 1. The summed E-state index contributed by atoms with van der Waals surface area (Å²) in [7, 11) is 0. The number of amides is 3. The molecule has 0 bridgehead atoms. The van der Waals surface area contributed by atoms with E-state index in [2.05, 4.69) is 25.9 Å². The first-order valence-electron chi connectivity index (χ1n) is 14.2. The SMILES string of the molecule is CC(O)C(NC(=O)C(Cc1c[nH]c2ccccc12)NC(=O)C(CCCN=C(N)N)NC(=O)C(N)Cc1ccccc1)C(=O)O. The maximum Gasteiger partial charge on any atom is 0.328 e. The normalized spacial score (nSPS) is 14.4. The number of aliphatic carboxylic acids is 1. The number of nitrogens with two attached hydrogens (primary N) is 3. The highest BCUT2D eigenvalue weighted by Crippen LogP contribution is 2.19. The predicted molar refractivity (Wildman–Crippen MR) is 165 cm³/mol. The fourth-order valence-electron chi connectivity index (χ4n) is 4.66. The van der Waals surface area contributed by atoms with Crippen molar-refractivity contribution in [2.24, 2.45) is 22.2 Å². The molecule has 1 aromatic heterocycles. The van der Waals surface area contributed by atoms with Gasteiger partial charge in [-0.2, -0.15) is 0 Å². The fourth-order valence-corrected chi connectivity index (χ4v) is 4.66. The standard InChI is InChI=1S/C30H40N8O6/c1-17(39)25(29(43)44)38-28(42)24(15-19-16-35-22-11-6-5-10-20(19)22)37-27(41)23(12-7-13-34-30(32)33)36-26(40)21(31)14-18-8-3-2-4-9-18/h2-6,8-11,16-17,21,23-25,35,39H,7,12-15,31H2,1H3,(H,36,40)(H,37,41)(H,38,42)(H,43,44)(H4,32,33,34). The third kappa shape index (κ3) is 9.81. The van der Waals surface area contributed by atoms with E-state index in [9.17, 15) is 29.4 Å². The van der Waals surface area contributed by atoms with Crippen LogP contribution in [0.25, 0.3) is 10.9 Å². The summed E-state index contributed by atoms with van der Waals surface area (Å²) in [6.45, 7) is 1.42. The monoisotopic (exact) mass is 608 g/mol. The number of aliphatic hydroxyl groups is 1. The van der Waals surface area contributed by atoms with Crippen LogP contribution in [0.15, 0.2) is 65.8 Å². The number of fused-ring (bicyclic) bond motifs is 1. The smallest absolute Gasteiger partial charge is 0.328 e. The Kier molecular flexibility index (Phi) is 12.2. The number of carboxylic acids is 1. The Morgan fingerprint density at radius 1 is 0.886 bits per heavy atom. The molecule has 0 aliphatic rings. The molecule has 0 saturated carbocycles. The van der Waals surface area contributed by atoms with Gasteiger partial charge in [0.15, 0.2) is 12.0 Å². The number of guanidine groups is 1. The summed E-state index contributed by atoms with van der Waals surface area (Å²) < 4.78 is 0. The van der Waals surface area contributed by atoms with Crippen LogP contribution in [0, 0.1) is 0 Å². The van der Waals surface area contributed by atoms with Crippen LogP contribution in [0.3, 0.4) is 0 Å². The van der Waals surface area contributed by atoms with Gasteiger partial charge in [-0.1, -0.05) is 48.5 Å². The quantitative estimate of drug-likeness (QED) is 0.0563. The second-order valence-corrected chi connectivity index (χ2v) is 10.5. The maximum absolute atomic E-state index is 13.6. The average Bonchev–Trinajstić information content (AvgIpc) is 3.39. The summed E-state index contributed by atoms with van der Waals surface area (Å²) in [6, 6.07) is 11.5. The van der Waals surface area contributed by atoms with E-state index >= 15 is 0 Å². The minimum absolute atomic E-state index is 0.0179. The van der Waals surface area contributed by atoms with Crippen molar-refractivity contribution in [3.05, 3.63) is 71.9 Å². The molecule has 14 heteroatoms. The van der Waals surface area contributed by atoms with Crippen LogP contribution in [0.5, 0.6) is 0 Å². The molecule has 236 valence electrons. The number of para-hydroxylation sites is 1. The summed E-state index contributed by atoms with van der Waals surface area (Å²) in [5, 5.41) is 27.9. The lowest BCUT2D eigenvalue weighted by Gasteiger charge is -2.26. The van der Waals surface area contributed by atoms with Gasteiger partial charge in [0.25, 0.3) is 0 Å². The molecule has 14 nitrogen and oxygen atoms in total. The van der Waals surface area contributed by atoms with Crippen LogP contribution in [-0.4, -0.2) is 81.7 Å². The van der Waals surface area contributed by atoms with E-state index in [1.165, 1.54) is 6.92 Å². The lowest BCUT2D eigenvalue weighted by atomic mass is 10.0. The number of aliphatic imine (C=N–C) groups is 1. The van der Waals surface area contributed by atoms with Crippen LogP contribution in [-0.2, 0) is 32.0 Å². The first-order valence-corrected chi connectivity index (χ1v) is 14.2. The highest BCUT2D eigenvalue weighted by molar-refractivity contribution is 5.95. The van der Waals surface area contributed by atoms with Gasteiger partial charge in [0.1, 0.15) is 12.1 Å². The van der Waals surface area contributed by atoms with E-state index in [1.54, 1.807) is 6.20 Å². The Bertz CT molecular complexity index is 1450. The summed E-state index contributed by atoms with van der Waals surface area (Å²) >= 11 is 0. The van der Waals surface area contributed by atoms with Crippen LogP contribution >= 0.6 is 0 Å². The molecule has 5 unspecified atom stereocenters. The van der Waals surface area contributed by atoms with Gasteiger partial charge in [-0.15, -0.1) is 0 Å². The van der Waals surface area contributed by atoms with Crippen molar-refractivity contribution in [2.45, 2.75) is 62.9 Å². The van der Waals surface area contributed by atoms with Gasteiger partial charge in [0.05, 0.1) is 12.1 Å². The summed E-state index contributed by atoms with van der Waals surface area (Å²) in [6.07, 6.45) is 0.921. The first kappa shape index (κ1) is 33.6. The van der Waals surface area contributed by atoms with Crippen molar-refractivity contribution in [1.82, 2.24) is 20.9 Å². The Labute approximate surface area is 254 Å². The lowest BCUT2D eigenvalue weighted by molar-refractivity contribution is -0.145. The highest BCUT2D eigenvalue weighted by Gasteiger charge is 2.32. The number of carbonyl (C=O) groups is 4. The molecule has 2 aromatic carbocycles. The van der Waals surface area contributed by atoms with Crippen LogP contribution in [0.1, 0.15) is 30.9 Å². The molecule has 5 atom stereocenters. The van der Waals surface area contributed by atoms with E-state index in [4.69, 9.17) is 17.2 Å². The molecule has 12 N–H and O–H groups in total. The van der Waals surface area contributed by atoms with Crippen molar-refractivity contribution in [1.29, 1.82) is 0 Å². The Balaban J connectivity index is 1.84. The van der Waals surface area contributed by atoms with E-state index in [-0.39, 0.29) is 31.8 Å². The maximum atomic E-state index is 13.6. The predicted octanol–water partition coefficient (Wildman–Crippen LogP) is -0.746. The van der Waals surface area contributed by atoms with E-state index < -0.39 is 54.0 Å². The number of nitrogens with zero attached hydrogens (tertiary/aromatic N) is 1. The fraction of sp³-hybridized carbons (Fsp3) is 0.367. The number of nitrogens with one attached hydrogen (secondary N) is 4. The van der Waals surface area contributed by atoms with Crippen LogP contribution in [0.2, 0.25) is 0 Å². The number of carboxylic acid groups (broad SMARTS) is 1. The zero-order valence-electron chi connectivity index (χ0n) is 24.4. The van der Waals surface area contributed by atoms with Gasteiger partial charge in [-0.25, -0.2) is 4.79 Å². The van der Waals surface area contributed by atoms with Crippen molar-refractivity contribution in [3.8, 4) is 0 Å². The van der Waals surface area contributed by atoms with Crippen molar-refractivity contribution < 1.29 is 29.4 Å². The van der Waals surface area contributed by atoms with Gasteiger partial charge >= 0.3 is 5.97 Å². The number of hydrogen-bond donors (Lipinski definition) is 9. The number of aliphatic hydroxyl groups excluding tert-OH is 1. The second-order valence-electron chi connectivity index (χ2n) is 10.5. The number of aromatic amines is 1. The number of benzene rings is 2. The molecular weight excluding hydrogens is 568 g/mol. The molecular formula is C30H40N8O6. The zero-order valence-corrected chi connectivity index (χ0v) is 24.4. The van der Waals surface area contributed by atoms with Crippen LogP contribution in [0.4, 0.5) is 0 Å². The van der Waals surface area contributed by atoms with Gasteiger partial charge in [-0.05, 0) is 43.4 Å². The summed E-state index contributed by atoms with van der Waals surface area (Å²) in [5.41, 5.74) is 19.3. The number of rotatable bonds is 16. The molecule has 3 aromatic rings. The molecule has 0 saturated heterocycles. The van der Waals surface area contributed by atoms with E-state index in [1.807, 2.05) is 54.6 Å². The molecule has 0 spiro atoms. The largest absolute Gasteiger partial charge is 0.480 e. The molecule has 1 heterocycles. The van der Waals surface area contributed by atoms with Crippen molar-refractivity contribution >= 4 is 40.6 Å². The minimum atomic E-state index is -1.61. The summed E-state index contributed by atoms with van der Waals surface area (Å²) in [5.74, 6) is -3.67. The van der Waals surface area contributed by atoms with Crippen molar-refractivity contribution in [2.75, 3.05) is 6.54 Å². The van der Waals surface area contributed by atoms with Crippen molar-refractivity contribution in [3.63, 3.8) is 0 Å². The average molecular weight is 609 g/mol. The van der Waals surface area contributed by atoms with E-state index in [0.717, 1.165) is 16.5 Å². The number of carbonyl (C=O) groups excluding carboxylic acids is 3. The van der Waals surface area contributed by atoms with Gasteiger partial charge in [0, 0.05) is 30.1 Å². The third-order valence-corrected chi connectivity index (χ3v) is 6.99. The zero-order chi connectivity index (χ0) is 32.2. The highest BCUT2D eigenvalue weighted by atomic mass is 16.4. The number of aromatic nitrogens is 1. The Morgan fingerprint density at radius 2 is 1.52 bits per heavy atom. The summed E-state index contributed by atoms with van der Waals surface area (Å²) in [4.78, 5) is 58.8. The molecule has 44 heavy (non-hydrogen) atoms. The molecule has 0 radical (unpaired) electrons. The molecule has 0 aliphatic heterocycles. The molecule has 3 rings (SSSR count). The lowest BCUT2D eigenvalue weighted by Crippen LogP contribution is -2.58. The topological polar surface area (TPSA) is 251 Å². The second kappa shape index (κ2) is 16.0. The Morgan fingerprint density at radius 3 is 2.18 bits per heavy atom. The van der Waals surface area contributed by atoms with Crippen LogP contribution < -0.4 is 33.2 Å². The van der Waals surface area contributed by atoms with Gasteiger partial charge < -0.3 is 48.3 Å². The molecule has 0 fully saturated rings. The Hall–Kier alpha value is -4.95. The first-order chi connectivity index (χ1) is 21.0.